The molecule has 2 unspecified atom stereocenters. The van der Waals surface area contributed by atoms with Crippen molar-refractivity contribution < 1.29 is 9.84 Å². The lowest BCUT2D eigenvalue weighted by atomic mass is 10.1. The molecule has 0 radical (unpaired) electrons. The first-order valence-corrected chi connectivity index (χ1v) is 4.78. The maximum atomic E-state index is 9.20. The summed E-state index contributed by atoms with van der Waals surface area (Å²) in [4.78, 5) is 0. The first kappa shape index (κ1) is 11.2. The number of rotatable bonds is 5. The SMILES string of the molecule is CC(OCC(O)CN)c1ccccc1. The van der Waals surface area contributed by atoms with E-state index >= 15 is 0 Å². The van der Waals surface area contributed by atoms with Gasteiger partial charge in [-0.25, -0.2) is 0 Å². The van der Waals surface area contributed by atoms with E-state index in [0.29, 0.717) is 0 Å². The molecule has 0 amide bonds. The third kappa shape index (κ3) is 3.46. The Morgan fingerprint density at radius 3 is 2.57 bits per heavy atom. The van der Waals surface area contributed by atoms with Gasteiger partial charge in [-0.2, -0.15) is 0 Å². The highest BCUT2D eigenvalue weighted by molar-refractivity contribution is 5.16. The molecule has 0 aromatic heterocycles. The van der Waals surface area contributed by atoms with Crippen molar-refractivity contribution in [2.45, 2.75) is 19.1 Å². The number of benzene rings is 1. The summed E-state index contributed by atoms with van der Waals surface area (Å²) in [6.07, 6.45) is -0.571. The van der Waals surface area contributed by atoms with Gasteiger partial charge in [-0.05, 0) is 12.5 Å². The van der Waals surface area contributed by atoms with E-state index in [1.807, 2.05) is 37.3 Å². The molecule has 0 saturated heterocycles. The van der Waals surface area contributed by atoms with E-state index in [0.717, 1.165) is 5.56 Å². The van der Waals surface area contributed by atoms with Crippen LogP contribution in [0.5, 0.6) is 0 Å². The average molecular weight is 195 g/mol. The molecule has 1 aromatic carbocycles. The van der Waals surface area contributed by atoms with Crippen LogP contribution in [0.4, 0.5) is 0 Å². The van der Waals surface area contributed by atoms with E-state index in [2.05, 4.69) is 0 Å². The molecule has 78 valence electrons. The zero-order valence-electron chi connectivity index (χ0n) is 8.39. The van der Waals surface area contributed by atoms with Crippen molar-refractivity contribution in [3.63, 3.8) is 0 Å². The van der Waals surface area contributed by atoms with Gasteiger partial charge in [0.25, 0.3) is 0 Å². The topological polar surface area (TPSA) is 55.5 Å². The van der Waals surface area contributed by atoms with Crippen LogP contribution in [0.15, 0.2) is 30.3 Å². The molecule has 14 heavy (non-hydrogen) atoms. The van der Waals surface area contributed by atoms with E-state index in [4.69, 9.17) is 10.5 Å². The van der Waals surface area contributed by atoms with Crippen LogP contribution in [0, 0.1) is 0 Å². The number of aliphatic hydroxyl groups is 1. The Hall–Kier alpha value is -0.900. The molecule has 0 saturated carbocycles. The molecule has 3 nitrogen and oxygen atoms in total. The summed E-state index contributed by atoms with van der Waals surface area (Å²) in [5, 5.41) is 9.20. The molecule has 0 aliphatic rings. The number of aliphatic hydroxyl groups excluding tert-OH is 1. The number of ether oxygens (including phenoxy) is 1. The Morgan fingerprint density at radius 2 is 2.00 bits per heavy atom. The maximum absolute atomic E-state index is 9.20. The van der Waals surface area contributed by atoms with Gasteiger partial charge in [-0.1, -0.05) is 30.3 Å². The second-order valence-electron chi connectivity index (χ2n) is 3.28. The smallest absolute Gasteiger partial charge is 0.0895 e. The van der Waals surface area contributed by atoms with Crippen molar-refractivity contribution in [3.8, 4) is 0 Å². The fourth-order valence-electron chi connectivity index (χ4n) is 1.14. The second kappa shape index (κ2) is 5.75. The Balaban J connectivity index is 2.39. The quantitative estimate of drug-likeness (QED) is 0.739. The van der Waals surface area contributed by atoms with Crippen molar-refractivity contribution in [2.24, 2.45) is 5.73 Å². The van der Waals surface area contributed by atoms with Crippen LogP contribution >= 0.6 is 0 Å². The van der Waals surface area contributed by atoms with Crippen LogP contribution in [0.25, 0.3) is 0 Å². The molecule has 0 fully saturated rings. The van der Waals surface area contributed by atoms with Crippen molar-refractivity contribution in [3.05, 3.63) is 35.9 Å². The maximum Gasteiger partial charge on any atom is 0.0895 e. The summed E-state index contributed by atoms with van der Waals surface area (Å²) in [6.45, 7) is 2.48. The molecular weight excluding hydrogens is 178 g/mol. The molecular formula is C11H17NO2. The van der Waals surface area contributed by atoms with Gasteiger partial charge >= 0.3 is 0 Å². The molecule has 0 spiro atoms. The van der Waals surface area contributed by atoms with Crippen LogP contribution in [-0.4, -0.2) is 24.4 Å². The summed E-state index contributed by atoms with van der Waals surface area (Å²) in [7, 11) is 0. The fraction of sp³-hybridized carbons (Fsp3) is 0.455. The van der Waals surface area contributed by atoms with Crippen LogP contribution < -0.4 is 5.73 Å². The Bertz CT molecular complexity index is 251. The average Bonchev–Trinajstić information content (AvgIpc) is 2.26. The fourth-order valence-corrected chi connectivity index (χ4v) is 1.14. The normalized spacial score (nSPS) is 15.1. The van der Waals surface area contributed by atoms with Gasteiger partial charge in [-0.3, -0.25) is 0 Å². The van der Waals surface area contributed by atoms with Gasteiger partial charge in [0.05, 0.1) is 18.8 Å². The zero-order valence-corrected chi connectivity index (χ0v) is 8.39. The van der Waals surface area contributed by atoms with Crippen LogP contribution in [0.1, 0.15) is 18.6 Å². The summed E-state index contributed by atoms with van der Waals surface area (Å²) < 4.78 is 5.45. The minimum absolute atomic E-state index is 0.00241. The van der Waals surface area contributed by atoms with Crippen LogP contribution in [-0.2, 0) is 4.74 Å². The minimum atomic E-state index is -0.568. The predicted molar refractivity (Wildman–Crippen MR) is 55.9 cm³/mol. The van der Waals surface area contributed by atoms with E-state index in [1.54, 1.807) is 0 Å². The highest BCUT2D eigenvalue weighted by Crippen LogP contribution is 2.15. The van der Waals surface area contributed by atoms with Crippen molar-refractivity contribution in [1.29, 1.82) is 0 Å². The first-order valence-electron chi connectivity index (χ1n) is 4.78. The Morgan fingerprint density at radius 1 is 1.36 bits per heavy atom. The highest BCUT2D eigenvalue weighted by Gasteiger charge is 2.07. The van der Waals surface area contributed by atoms with Crippen molar-refractivity contribution in [1.82, 2.24) is 0 Å². The van der Waals surface area contributed by atoms with E-state index < -0.39 is 6.10 Å². The summed E-state index contributed by atoms with van der Waals surface area (Å²) in [5.74, 6) is 0. The molecule has 0 heterocycles. The Kier molecular flexibility index (Phi) is 4.59. The molecule has 2 atom stereocenters. The van der Waals surface area contributed by atoms with Crippen LogP contribution in [0.3, 0.4) is 0 Å². The zero-order chi connectivity index (χ0) is 10.4. The summed E-state index contributed by atoms with van der Waals surface area (Å²) in [5.41, 5.74) is 6.38. The second-order valence-corrected chi connectivity index (χ2v) is 3.28. The number of hydrogen-bond acceptors (Lipinski definition) is 3. The lowest BCUT2D eigenvalue weighted by Gasteiger charge is -2.15. The predicted octanol–water partition coefficient (Wildman–Crippen LogP) is 1.08. The molecule has 3 heteroatoms. The summed E-state index contributed by atoms with van der Waals surface area (Å²) >= 11 is 0. The monoisotopic (exact) mass is 195 g/mol. The van der Waals surface area contributed by atoms with Gasteiger partial charge in [-0.15, -0.1) is 0 Å². The molecule has 0 bridgehead atoms. The minimum Gasteiger partial charge on any atom is -0.389 e. The third-order valence-electron chi connectivity index (χ3n) is 2.08. The van der Waals surface area contributed by atoms with Gasteiger partial charge < -0.3 is 15.6 Å². The lowest BCUT2D eigenvalue weighted by Crippen LogP contribution is -2.25. The molecule has 0 aliphatic carbocycles. The lowest BCUT2D eigenvalue weighted by molar-refractivity contribution is 0.000973. The van der Waals surface area contributed by atoms with Crippen LogP contribution in [0.2, 0.25) is 0 Å². The largest absolute Gasteiger partial charge is 0.389 e. The first-order chi connectivity index (χ1) is 6.74. The van der Waals surface area contributed by atoms with Crippen molar-refractivity contribution >= 4 is 0 Å². The summed E-state index contributed by atoms with van der Waals surface area (Å²) in [6, 6.07) is 9.90. The molecule has 3 N–H and O–H groups in total. The van der Waals surface area contributed by atoms with Gasteiger partial charge in [0.1, 0.15) is 0 Å². The molecule has 1 aromatic rings. The van der Waals surface area contributed by atoms with E-state index in [1.165, 1.54) is 0 Å². The van der Waals surface area contributed by atoms with E-state index in [-0.39, 0.29) is 19.3 Å². The number of nitrogens with two attached hydrogens (primary N) is 1. The molecule has 1 rings (SSSR count). The molecule has 0 aliphatic heterocycles. The standard InChI is InChI=1S/C11H17NO2/c1-9(14-8-11(13)7-12)10-5-3-2-4-6-10/h2-6,9,11,13H,7-8,12H2,1H3. The third-order valence-corrected chi connectivity index (χ3v) is 2.08. The van der Waals surface area contributed by atoms with E-state index in [9.17, 15) is 5.11 Å². The highest BCUT2D eigenvalue weighted by atomic mass is 16.5. The number of hydrogen-bond donors (Lipinski definition) is 2. The van der Waals surface area contributed by atoms with Gasteiger partial charge in [0.2, 0.25) is 0 Å². The Labute approximate surface area is 84.5 Å². The van der Waals surface area contributed by atoms with Gasteiger partial charge in [0, 0.05) is 6.54 Å². The van der Waals surface area contributed by atoms with Crippen molar-refractivity contribution in [2.75, 3.05) is 13.2 Å². The van der Waals surface area contributed by atoms with Gasteiger partial charge in [0.15, 0.2) is 0 Å².